The third kappa shape index (κ3) is 4.73. The van der Waals surface area contributed by atoms with E-state index in [1.54, 1.807) is 0 Å². The standard InChI is InChI=1S/C16H32N2O/c1-2-9-17-16-6-4-3-5-15(16)12-18-10-7-14(13-19)8-11-18/h14-17,19H,2-13H2,1H3. The van der Waals surface area contributed by atoms with E-state index in [9.17, 15) is 5.11 Å². The molecule has 1 aliphatic heterocycles. The molecule has 2 rings (SSSR count). The molecule has 112 valence electrons. The van der Waals surface area contributed by atoms with Crippen LogP contribution in [0.2, 0.25) is 0 Å². The number of nitrogens with one attached hydrogen (secondary N) is 1. The van der Waals surface area contributed by atoms with Crippen molar-refractivity contribution in [2.24, 2.45) is 11.8 Å². The number of aliphatic hydroxyl groups is 1. The molecule has 0 aromatic rings. The summed E-state index contributed by atoms with van der Waals surface area (Å²) in [6.45, 7) is 7.49. The van der Waals surface area contributed by atoms with E-state index in [0.717, 1.165) is 12.0 Å². The van der Waals surface area contributed by atoms with Crippen LogP contribution in [-0.2, 0) is 0 Å². The summed E-state index contributed by atoms with van der Waals surface area (Å²) < 4.78 is 0. The van der Waals surface area contributed by atoms with E-state index in [0.29, 0.717) is 12.5 Å². The summed E-state index contributed by atoms with van der Waals surface area (Å²) in [5.74, 6) is 1.42. The Bertz CT molecular complexity index is 239. The van der Waals surface area contributed by atoms with E-state index in [2.05, 4.69) is 17.1 Å². The predicted octanol–water partition coefficient (Wildman–Crippen LogP) is 2.25. The number of hydrogen-bond acceptors (Lipinski definition) is 3. The minimum absolute atomic E-state index is 0.387. The zero-order valence-corrected chi connectivity index (χ0v) is 12.6. The van der Waals surface area contributed by atoms with E-state index in [4.69, 9.17) is 0 Å². The molecule has 2 aliphatic rings. The molecule has 0 amide bonds. The van der Waals surface area contributed by atoms with Crippen molar-refractivity contribution in [1.29, 1.82) is 0 Å². The van der Waals surface area contributed by atoms with Gasteiger partial charge >= 0.3 is 0 Å². The zero-order chi connectivity index (χ0) is 13.5. The Morgan fingerprint density at radius 1 is 1.11 bits per heavy atom. The topological polar surface area (TPSA) is 35.5 Å². The first-order valence-corrected chi connectivity index (χ1v) is 8.40. The highest BCUT2D eigenvalue weighted by Crippen LogP contribution is 2.27. The first kappa shape index (κ1) is 15.3. The van der Waals surface area contributed by atoms with Crippen molar-refractivity contribution in [2.45, 2.75) is 57.9 Å². The van der Waals surface area contributed by atoms with Gasteiger partial charge in [0.1, 0.15) is 0 Å². The van der Waals surface area contributed by atoms with Crippen molar-refractivity contribution in [3.05, 3.63) is 0 Å². The monoisotopic (exact) mass is 268 g/mol. The molecule has 3 heteroatoms. The first-order valence-electron chi connectivity index (χ1n) is 8.40. The lowest BCUT2D eigenvalue weighted by Crippen LogP contribution is -2.46. The minimum atomic E-state index is 0.387. The minimum Gasteiger partial charge on any atom is -0.396 e. The highest BCUT2D eigenvalue weighted by Gasteiger charge is 2.28. The van der Waals surface area contributed by atoms with Crippen LogP contribution in [0.4, 0.5) is 0 Å². The summed E-state index contributed by atoms with van der Waals surface area (Å²) >= 11 is 0. The van der Waals surface area contributed by atoms with Gasteiger partial charge in [-0.1, -0.05) is 19.8 Å². The van der Waals surface area contributed by atoms with Crippen molar-refractivity contribution in [3.63, 3.8) is 0 Å². The van der Waals surface area contributed by atoms with Crippen LogP contribution in [0.15, 0.2) is 0 Å². The average molecular weight is 268 g/mol. The maximum absolute atomic E-state index is 9.21. The number of nitrogens with zero attached hydrogens (tertiary/aromatic N) is 1. The van der Waals surface area contributed by atoms with Gasteiger partial charge in [-0.15, -0.1) is 0 Å². The average Bonchev–Trinajstić information content (AvgIpc) is 2.47. The van der Waals surface area contributed by atoms with E-state index in [1.807, 2.05) is 0 Å². The normalized spacial score (nSPS) is 30.6. The lowest BCUT2D eigenvalue weighted by Gasteiger charge is -2.38. The number of aliphatic hydroxyl groups excluding tert-OH is 1. The molecule has 1 saturated carbocycles. The van der Waals surface area contributed by atoms with Gasteiger partial charge in [0.15, 0.2) is 0 Å². The molecule has 0 spiro atoms. The Morgan fingerprint density at radius 2 is 1.84 bits per heavy atom. The molecule has 2 N–H and O–H groups in total. The highest BCUT2D eigenvalue weighted by atomic mass is 16.3. The Hall–Kier alpha value is -0.120. The molecule has 0 aromatic heterocycles. The fourth-order valence-electron chi connectivity index (χ4n) is 3.71. The lowest BCUT2D eigenvalue weighted by molar-refractivity contribution is 0.103. The molecule has 0 radical (unpaired) electrons. The molecule has 1 heterocycles. The van der Waals surface area contributed by atoms with Crippen LogP contribution in [-0.4, -0.2) is 48.8 Å². The van der Waals surface area contributed by atoms with Crippen molar-refractivity contribution >= 4 is 0 Å². The molecule has 2 fully saturated rings. The molecule has 1 saturated heterocycles. The van der Waals surface area contributed by atoms with Crippen LogP contribution < -0.4 is 5.32 Å². The van der Waals surface area contributed by atoms with Gasteiger partial charge in [-0.25, -0.2) is 0 Å². The third-order valence-electron chi connectivity index (χ3n) is 5.02. The number of rotatable bonds is 6. The summed E-state index contributed by atoms with van der Waals surface area (Å²) in [6.07, 6.45) is 9.23. The van der Waals surface area contributed by atoms with E-state index in [1.165, 1.54) is 71.1 Å². The molecule has 0 bridgehead atoms. The van der Waals surface area contributed by atoms with Crippen molar-refractivity contribution in [3.8, 4) is 0 Å². The molecule has 2 unspecified atom stereocenters. The van der Waals surface area contributed by atoms with Crippen molar-refractivity contribution in [2.75, 3.05) is 32.8 Å². The Morgan fingerprint density at radius 3 is 2.53 bits per heavy atom. The van der Waals surface area contributed by atoms with Crippen LogP contribution in [0.1, 0.15) is 51.9 Å². The molecule has 3 nitrogen and oxygen atoms in total. The van der Waals surface area contributed by atoms with Crippen molar-refractivity contribution < 1.29 is 5.11 Å². The van der Waals surface area contributed by atoms with Gasteiger partial charge in [-0.3, -0.25) is 0 Å². The van der Waals surface area contributed by atoms with Crippen LogP contribution in [0.5, 0.6) is 0 Å². The second-order valence-corrected chi connectivity index (χ2v) is 6.53. The van der Waals surface area contributed by atoms with Crippen LogP contribution in [0.3, 0.4) is 0 Å². The van der Waals surface area contributed by atoms with Gasteiger partial charge in [-0.05, 0) is 63.6 Å². The van der Waals surface area contributed by atoms with Gasteiger partial charge in [0.05, 0.1) is 0 Å². The van der Waals surface area contributed by atoms with E-state index >= 15 is 0 Å². The number of piperidine rings is 1. The first-order chi connectivity index (χ1) is 9.33. The lowest BCUT2D eigenvalue weighted by atomic mass is 9.83. The van der Waals surface area contributed by atoms with E-state index in [-0.39, 0.29) is 0 Å². The predicted molar refractivity (Wildman–Crippen MR) is 80.3 cm³/mol. The largest absolute Gasteiger partial charge is 0.396 e. The fourth-order valence-corrected chi connectivity index (χ4v) is 3.71. The van der Waals surface area contributed by atoms with Gasteiger partial charge in [0.2, 0.25) is 0 Å². The second kappa shape index (κ2) is 8.23. The summed E-state index contributed by atoms with van der Waals surface area (Å²) in [5, 5.41) is 13.0. The smallest absolute Gasteiger partial charge is 0.0460 e. The van der Waals surface area contributed by atoms with Crippen molar-refractivity contribution in [1.82, 2.24) is 10.2 Å². The maximum Gasteiger partial charge on any atom is 0.0460 e. The van der Waals surface area contributed by atoms with E-state index < -0.39 is 0 Å². The maximum atomic E-state index is 9.21. The SMILES string of the molecule is CCCNC1CCCCC1CN1CCC(CO)CC1. The molecule has 2 atom stereocenters. The quantitative estimate of drug-likeness (QED) is 0.775. The van der Waals surface area contributed by atoms with Crippen LogP contribution >= 0.6 is 0 Å². The Kier molecular flexibility index (Phi) is 6.62. The zero-order valence-electron chi connectivity index (χ0n) is 12.6. The Labute approximate surface area is 118 Å². The van der Waals surface area contributed by atoms with Gasteiger partial charge in [-0.2, -0.15) is 0 Å². The van der Waals surface area contributed by atoms with Gasteiger partial charge in [0, 0.05) is 19.2 Å². The summed E-state index contributed by atoms with van der Waals surface area (Å²) in [6, 6.07) is 0.754. The van der Waals surface area contributed by atoms with Gasteiger partial charge < -0.3 is 15.3 Å². The summed E-state index contributed by atoms with van der Waals surface area (Å²) in [7, 11) is 0. The number of hydrogen-bond donors (Lipinski definition) is 2. The molecule has 19 heavy (non-hydrogen) atoms. The molecular weight excluding hydrogens is 236 g/mol. The summed E-state index contributed by atoms with van der Waals surface area (Å²) in [4.78, 5) is 2.64. The fraction of sp³-hybridized carbons (Fsp3) is 1.00. The van der Waals surface area contributed by atoms with Gasteiger partial charge in [0.25, 0.3) is 0 Å². The molecule has 0 aromatic carbocycles. The highest BCUT2D eigenvalue weighted by molar-refractivity contribution is 4.84. The molecule has 1 aliphatic carbocycles. The second-order valence-electron chi connectivity index (χ2n) is 6.53. The number of likely N-dealkylation sites (tertiary alicyclic amines) is 1. The molecular formula is C16H32N2O. The van der Waals surface area contributed by atoms with Crippen LogP contribution in [0.25, 0.3) is 0 Å². The van der Waals surface area contributed by atoms with Crippen LogP contribution in [0, 0.1) is 11.8 Å². The Balaban J connectivity index is 1.76. The third-order valence-corrected chi connectivity index (χ3v) is 5.02. The summed E-state index contributed by atoms with van der Waals surface area (Å²) in [5.41, 5.74) is 0.